The van der Waals surface area contributed by atoms with E-state index in [0.717, 1.165) is 11.0 Å². The number of nitrogens with one attached hydrogen (secondary N) is 3. The Hall–Kier alpha value is -3.18. The third kappa shape index (κ3) is 5.45. The van der Waals surface area contributed by atoms with Gasteiger partial charge in [-0.1, -0.05) is 11.3 Å². The first-order valence-electron chi connectivity index (χ1n) is 8.89. The van der Waals surface area contributed by atoms with Crippen molar-refractivity contribution in [2.75, 3.05) is 28.2 Å². The van der Waals surface area contributed by atoms with Crippen LogP contribution in [-0.2, 0) is 14.8 Å². The first-order valence-corrected chi connectivity index (χ1v) is 11.6. The first kappa shape index (κ1) is 21.5. The zero-order chi connectivity index (χ0) is 21.9. The molecule has 0 radical (unpaired) electrons. The van der Waals surface area contributed by atoms with Crippen LogP contribution in [0.1, 0.15) is 24.2 Å². The topological polar surface area (TPSA) is 126 Å². The third-order valence-electron chi connectivity index (χ3n) is 3.77. The van der Waals surface area contributed by atoms with E-state index in [1.54, 1.807) is 12.1 Å². The maximum absolute atomic E-state index is 12.9. The van der Waals surface area contributed by atoms with Gasteiger partial charge in [-0.05, 0) is 43.3 Å². The van der Waals surface area contributed by atoms with Gasteiger partial charge in [0.05, 0.1) is 34.3 Å². The Morgan fingerprint density at radius 1 is 1.13 bits per heavy atom. The molecule has 3 N–H and O–H groups in total. The summed E-state index contributed by atoms with van der Waals surface area (Å²) in [4.78, 5) is 28.6. The molecule has 9 nitrogen and oxygen atoms in total. The Morgan fingerprint density at radius 3 is 2.57 bits per heavy atom. The molecule has 0 unspecified atom stereocenters. The van der Waals surface area contributed by atoms with Crippen LogP contribution in [0.3, 0.4) is 0 Å². The van der Waals surface area contributed by atoms with Crippen molar-refractivity contribution in [1.82, 2.24) is 4.98 Å². The molecule has 0 atom stereocenters. The molecule has 11 heteroatoms. The van der Waals surface area contributed by atoms with Crippen LogP contribution in [-0.4, -0.2) is 38.1 Å². The summed E-state index contributed by atoms with van der Waals surface area (Å²) in [5.41, 5.74) is 1.18. The first-order chi connectivity index (χ1) is 14.1. The maximum atomic E-state index is 12.9. The molecule has 3 aromatic rings. The minimum absolute atomic E-state index is 0.0425. The number of nitrogens with zero attached hydrogens (tertiary/aromatic N) is 1. The Balaban J connectivity index is 1.92. The highest BCUT2D eigenvalue weighted by Gasteiger charge is 2.17. The molecule has 0 aliphatic heterocycles. The average molecular weight is 449 g/mol. The van der Waals surface area contributed by atoms with Gasteiger partial charge in [0.2, 0.25) is 15.9 Å². The lowest BCUT2D eigenvalue weighted by Crippen LogP contribution is -2.18. The van der Waals surface area contributed by atoms with E-state index in [1.807, 2.05) is 13.0 Å². The zero-order valence-electron chi connectivity index (χ0n) is 16.5. The van der Waals surface area contributed by atoms with Crippen LogP contribution < -0.4 is 20.1 Å². The van der Waals surface area contributed by atoms with Crippen molar-refractivity contribution in [3.05, 3.63) is 42.0 Å². The molecule has 1 heterocycles. The molecule has 0 aliphatic rings. The Labute approximate surface area is 177 Å². The lowest BCUT2D eigenvalue weighted by atomic mass is 10.1. The van der Waals surface area contributed by atoms with Gasteiger partial charge < -0.3 is 10.1 Å². The largest absolute Gasteiger partial charge is 0.494 e. The highest BCUT2D eigenvalue weighted by Crippen LogP contribution is 2.30. The number of hydrogen-bond donors (Lipinski definition) is 3. The van der Waals surface area contributed by atoms with Gasteiger partial charge in [-0.15, -0.1) is 0 Å². The number of amides is 2. The van der Waals surface area contributed by atoms with Crippen LogP contribution in [0.25, 0.3) is 10.2 Å². The summed E-state index contributed by atoms with van der Waals surface area (Å²) in [6.45, 7) is 3.76. The maximum Gasteiger partial charge on any atom is 0.259 e. The average Bonchev–Trinajstić information content (AvgIpc) is 3.03. The Morgan fingerprint density at radius 2 is 1.90 bits per heavy atom. The zero-order valence-corrected chi connectivity index (χ0v) is 18.1. The molecule has 0 aliphatic carbocycles. The summed E-state index contributed by atoms with van der Waals surface area (Å²) in [6.07, 6.45) is 0.986. The number of thiazole rings is 1. The number of sulfonamides is 1. The van der Waals surface area contributed by atoms with Gasteiger partial charge in [-0.25, -0.2) is 13.4 Å². The number of anilines is 3. The molecule has 30 heavy (non-hydrogen) atoms. The highest BCUT2D eigenvalue weighted by atomic mass is 32.2. The van der Waals surface area contributed by atoms with Gasteiger partial charge in [-0.3, -0.25) is 19.6 Å². The second kappa shape index (κ2) is 8.67. The smallest absolute Gasteiger partial charge is 0.259 e. The van der Waals surface area contributed by atoms with Crippen molar-refractivity contribution in [3.8, 4) is 5.75 Å². The summed E-state index contributed by atoms with van der Waals surface area (Å²) in [6, 6.07) is 9.72. The summed E-state index contributed by atoms with van der Waals surface area (Å²) >= 11 is 1.26. The number of carbonyl (C=O) groups excluding carboxylic acids is 2. The van der Waals surface area contributed by atoms with Crippen molar-refractivity contribution in [1.29, 1.82) is 0 Å². The number of carbonyl (C=O) groups is 2. The molecule has 0 saturated carbocycles. The second-order valence-corrected chi connectivity index (χ2v) is 9.13. The normalized spacial score (nSPS) is 11.2. The van der Waals surface area contributed by atoms with Gasteiger partial charge in [0.1, 0.15) is 5.75 Å². The third-order valence-corrected chi connectivity index (χ3v) is 5.30. The number of hydrogen-bond acceptors (Lipinski definition) is 7. The van der Waals surface area contributed by atoms with Crippen LogP contribution in [0.5, 0.6) is 5.75 Å². The quantitative estimate of drug-likeness (QED) is 0.509. The van der Waals surface area contributed by atoms with E-state index < -0.39 is 15.9 Å². The van der Waals surface area contributed by atoms with Crippen molar-refractivity contribution in [2.45, 2.75) is 13.8 Å². The molecule has 0 saturated heterocycles. The molecule has 2 amide bonds. The summed E-state index contributed by atoms with van der Waals surface area (Å²) < 4.78 is 31.9. The van der Waals surface area contributed by atoms with Gasteiger partial charge in [-0.2, -0.15) is 0 Å². The van der Waals surface area contributed by atoms with Crippen molar-refractivity contribution in [2.24, 2.45) is 0 Å². The molecule has 3 rings (SSSR count). The Kier molecular flexibility index (Phi) is 6.22. The summed E-state index contributed by atoms with van der Waals surface area (Å²) in [7, 11) is -3.62. The van der Waals surface area contributed by atoms with E-state index >= 15 is 0 Å². The second-order valence-electron chi connectivity index (χ2n) is 6.35. The fourth-order valence-electron chi connectivity index (χ4n) is 2.68. The SMILES string of the molecule is CCOc1ccc2nc(NC(=O)c3cc(NC(C)=O)ccc3NS(C)(=O)=O)sc2c1. The van der Waals surface area contributed by atoms with E-state index in [0.29, 0.717) is 28.7 Å². The van der Waals surface area contributed by atoms with Crippen LogP contribution in [0, 0.1) is 0 Å². The van der Waals surface area contributed by atoms with Gasteiger partial charge in [0.15, 0.2) is 5.13 Å². The summed E-state index contributed by atoms with van der Waals surface area (Å²) in [5.74, 6) is -0.187. The van der Waals surface area contributed by atoms with Crippen LogP contribution in [0.2, 0.25) is 0 Å². The number of rotatable bonds is 7. The summed E-state index contributed by atoms with van der Waals surface area (Å²) in [5, 5.41) is 5.60. The molecule has 0 spiro atoms. The molecule has 0 fully saturated rings. The van der Waals surface area contributed by atoms with Gasteiger partial charge >= 0.3 is 0 Å². The number of ether oxygens (including phenoxy) is 1. The number of aromatic nitrogens is 1. The van der Waals surface area contributed by atoms with Crippen molar-refractivity contribution >= 4 is 59.9 Å². The lowest BCUT2D eigenvalue weighted by Gasteiger charge is -2.12. The van der Waals surface area contributed by atoms with Gasteiger partial charge in [0, 0.05) is 12.6 Å². The fraction of sp³-hybridized carbons (Fsp3) is 0.211. The van der Waals surface area contributed by atoms with E-state index in [1.165, 1.54) is 36.5 Å². The van der Waals surface area contributed by atoms with E-state index in [9.17, 15) is 18.0 Å². The van der Waals surface area contributed by atoms with E-state index in [-0.39, 0.29) is 17.2 Å². The van der Waals surface area contributed by atoms with Crippen LogP contribution in [0.4, 0.5) is 16.5 Å². The van der Waals surface area contributed by atoms with E-state index in [2.05, 4.69) is 20.3 Å². The lowest BCUT2D eigenvalue weighted by molar-refractivity contribution is -0.114. The predicted molar refractivity (Wildman–Crippen MR) is 118 cm³/mol. The van der Waals surface area contributed by atoms with Crippen molar-refractivity contribution in [3.63, 3.8) is 0 Å². The molecular weight excluding hydrogens is 428 g/mol. The minimum atomic E-state index is -3.62. The number of benzene rings is 2. The molecule has 158 valence electrons. The minimum Gasteiger partial charge on any atom is -0.494 e. The molecular formula is C19H20N4O5S2. The molecule has 1 aromatic heterocycles. The molecule has 0 bridgehead atoms. The van der Waals surface area contributed by atoms with Crippen LogP contribution >= 0.6 is 11.3 Å². The number of fused-ring (bicyclic) bond motifs is 1. The van der Waals surface area contributed by atoms with Crippen LogP contribution in [0.15, 0.2) is 36.4 Å². The highest BCUT2D eigenvalue weighted by molar-refractivity contribution is 7.92. The van der Waals surface area contributed by atoms with Gasteiger partial charge in [0.25, 0.3) is 5.91 Å². The van der Waals surface area contributed by atoms with E-state index in [4.69, 9.17) is 4.74 Å². The van der Waals surface area contributed by atoms with Crippen molar-refractivity contribution < 1.29 is 22.7 Å². The molecule has 2 aromatic carbocycles. The standard InChI is InChI=1S/C19H20N4O5S2/c1-4-28-13-6-8-16-17(10-13)29-19(21-16)22-18(25)14-9-12(20-11(2)24)5-7-15(14)23-30(3,26)27/h5-10,23H,4H2,1-3H3,(H,20,24)(H,21,22,25). The Bertz CT molecular complexity index is 1220. The fourth-order valence-corrected chi connectivity index (χ4v) is 4.15. The predicted octanol–water partition coefficient (Wildman–Crippen LogP) is 3.28. The monoisotopic (exact) mass is 448 g/mol.